The number of rotatable bonds is 3. The van der Waals surface area contributed by atoms with E-state index in [0.717, 1.165) is 5.56 Å². The van der Waals surface area contributed by atoms with Crippen LogP contribution in [-0.2, 0) is 6.42 Å². The number of carboxylic acid groups (broad SMARTS) is 1. The number of hydrogen-bond donors (Lipinski definition) is 1. The van der Waals surface area contributed by atoms with Gasteiger partial charge >= 0.3 is 5.97 Å². The SMILES string of the molecule is O=C(O)c1cc(Br)cnc1Cc1ccccc1. The maximum absolute atomic E-state index is 11.1. The van der Waals surface area contributed by atoms with Gasteiger partial charge in [-0.1, -0.05) is 30.3 Å². The van der Waals surface area contributed by atoms with Gasteiger partial charge in [0.05, 0.1) is 11.3 Å². The fourth-order valence-electron chi connectivity index (χ4n) is 1.58. The van der Waals surface area contributed by atoms with Gasteiger partial charge in [0.2, 0.25) is 0 Å². The molecule has 0 aliphatic rings. The summed E-state index contributed by atoms with van der Waals surface area (Å²) in [4.78, 5) is 15.3. The Bertz CT molecular complexity index is 540. The van der Waals surface area contributed by atoms with Crippen LogP contribution in [0, 0.1) is 0 Å². The van der Waals surface area contributed by atoms with Crippen LogP contribution in [0.15, 0.2) is 47.1 Å². The third-order valence-corrected chi connectivity index (χ3v) is 2.82. The molecular weight excluding hydrogens is 282 g/mol. The van der Waals surface area contributed by atoms with Crippen LogP contribution in [0.5, 0.6) is 0 Å². The second kappa shape index (κ2) is 5.10. The molecule has 4 heteroatoms. The van der Waals surface area contributed by atoms with E-state index >= 15 is 0 Å². The maximum atomic E-state index is 11.1. The summed E-state index contributed by atoms with van der Waals surface area (Å²) in [5.74, 6) is -0.954. The molecule has 17 heavy (non-hydrogen) atoms. The number of hydrogen-bond acceptors (Lipinski definition) is 2. The number of carbonyl (C=O) groups is 1. The fraction of sp³-hybridized carbons (Fsp3) is 0.0769. The largest absolute Gasteiger partial charge is 0.478 e. The number of halogens is 1. The first-order valence-corrected chi connectivity index (χ1v) is 5.88. The van der Waals surface area contributed by atoms with Gasteiger partial charge in [-0.15, -0.1) is 0 Å². The van der Waals surface area contributed by atoms with Crippen LogP contribution in [0.3, 0.4) is 0 Å². The number of aromatic nitrogens is 1. The number of benzene rings is 1. The molecule has 0 atom stereocenters. The molecule has 0 fully saturated rings. The Labute approximate surface area is 107 Å². The van der Waals surface area contributed by atoms with Crippen molar-refractivity contribution in [1.82, 2.24) is 4.98 Å². The Morgan fingerprint density at radius 1 is 1.29 bits per heavy atom. The fourth-order valence-corrected chi connectivity index (χ4v) is 1.91. The van der Waals surface area contributed by atoms with Crippen LogP contribution in [0.1, 0.15) is 21.6 Å². The molecule has 0 aliphatic carbocycles. The van der Waals surface area contributed by atoms with Gasteiger partial charge in [-0.05, 0) is 27.6 Å². The summed E-state index contributed by atoms with van der Waals surface area (Å²) in [5.41, 5.74) is 1.86. The summed E-state index contributed by atoms with van der Waals surface area (Å²) in [7, 11) is 0. The molecule has 0 amide bonds. The average Bonchev–Trinajstić information content (AvgIpc) is 2.32. The van der Waals surface area contributed by atoms with Gasteiger partial charge in [0.15, 0.2) is 0 Å². The van der Waals surface area contributed by atoms with E-state index in [2.05, 4.69) is 20.9 Å². The van der Waals surface area contributed by atoms with Crippen LogP contribution in [0.25, 0.3) is 0 Å². The summed E-state index contributed by atoms with van der Waals surface area (Å²) in [5, 5.41) is 9.11. The van der Waals surface area contributed by atoms with Crippen molar-refractivity contribution in [1.29, 1.82) is 0 Å². The summed E-state index contributed by atoms with van der Waals surface area (Å²) in [6.07, 6.45) is 2.14. The van der Waals surface area contributed by atoms with Crippen molar-refractivity contribution < 1.29 is 9.90 Å². The minimum absolute atomic E-state index is 0.239. The van der Waals surface area contributed by atoms with Crippen molar-refractivity contribution in [3.8, 4) is 0 Å². The van der Waals surface area contributed by atoms with Gasteiger partial charge in [0, 0.05) is 17.1 Å². The number of pyridine rings is 1. The second-order valence-electron chi connectivity index (χ2n) is 3.62. The molecule has 0 aliphatic heterocycles. The lowest BCUT2D eigenvalue weighted by Crippen LogP contribution is -2.05. The van der Waals surface area contributed by atoms with Gasteiger partial charge in [0.25, 0.3) is 0 Å². The van der Waals surface area contributed by atoms with Crippen LogP contribution >= 0.6 is 15.9 Å². The van der Waals surface area contributed by atoms with E-state index in [9.17, 15) is 4.79 Å². The summed E-state index contributed by atoms with van der Waals surface area (Å²) in [6, 6.07) is 11.3. The highest BCUT2D eigenvalue weighted by atomic mass is 79.9. The third-order valence-electron chi connectivity index (χ3n) is 2.38. The molecule has 2 aromatic rings. The van der Waals surface area contributed by atoms with Crippen LogP contribution in [0.2, 0.25) is 0 Å². The Morgan fingerprint density at radius 3 is 2.65 bits per heavy atom. The lowest BCUT2D eigenvalue weighted by atomic mass is 10.1. The van der Waals surface area contributed by atoms with E-state index in [1.54, 1.807) is 12.3 Å². The topological polar surface area (TPSA) is 50.2 Å². The van der Waals surface area contributed by atoms with E-state index in [4.69, 9.17) is 5.11 Å². The Hall–Kier alpha value is -1.68. The first kappa shape index (κ1) is 11.8. The molecule has 0 bridgehead atoms. The Kier molecular flexibility index (Phi) is 3.54. The average molecular weight is 292 g/mol. The van der Waals surface area contributed by atoms with Crippen molar-refractivity contribution in [2.24, 2.45) is 0 Å². The predicted molar refractivity (Wildman–Crippen MR) is 68.1 cm³/mol. The van der Waals surface area contributed by atoms with Gasteiger partial charge in [-0.2, -0.15) is 0 Å². The minimum atomic E-state index is -0.954. The zero-order valence-corrected chi connectivity index (χ0v) is 10.5. The molecule has 0 saturated carbocycles. The molecule has 1 heterocycles. The normalized spacial score (nSPS) is 10.2. The van der Waals surface area contributed by atoms with Crippen molar-refractivity contribution in [2.45, 2.75) is 6.42 Å². The zero-order chi connectivity index (χ0) is 12.3. The van der Waals surface area contributed by atoms with E-state index in [1.807, 2.05) is 30.3 Å². The first-order chi connectivity index (χ1) is 8.16. The molecule has 1 aromatic carbocycles. The number of carboxylic acids is 1. The number of aromatic carboxylic acids is 1. The molecule has 1 N–H and O–H groups in total. The monoisotopic (exact) mass is 291 g/mol. The van der Waals surface area contributed by atoms with Gasteiger partial charge in [0.1, 0.15) is 0 Å². The summed E-state index contributed by atoms with van der Waals surface area (Å²) < 4.78 is 0.673. The van der Waals surface area contributed by atoms with E-state index in [1.165, 1.54) is 0 Å². The molecule has 1 aromatic heterocycles. The highest BCUT2D eigenvalue weighted by Gasteiger charge is 2.12. The second-order valence-corrected chi connectivity index (χ2v) is 4.53. The first-order valence-electron chi connectivity index (χ1n) is 5.08. The van der Waals surface area contributed by atoms with Crippen LogP contribution in [-0.4, -0.2) is 16.1 Å². The molecule has 0 unspecified atom stereocenters. The quantitative estimate of drug-likeness (QED) is 0.945. The molecule has 3 nitrogen and oxygen atoms in total. The van der Waals surface area contributed by atoms with Crippen molar-refractivity contribution in [2.75, 3.05) is 0 Å². The van der Waals surface area contributed by atoms with Crippen molar-refractivity contribution in [3.05, 3.63) is 63.9 Å². The van der Waals surface area contributed by atoms with Gasteiger partial charge in [-0.25, -0.2) is 4.79 Å². The Balaban J connectivity index is 2.36. The summed E-state index contributed by atoms with van der Waals surface area (Å²) >= 11 is 3.22. The van der Waals surface area contributed by atoms with Gasteiger partial charge in [-0.3, -0.25) is 4.98 Å². The third kappa shape index (κ3) is 2.91. The van der Waals surface area contributed by atoms with Crippen molar-refractivity contribution >= 4 is 21.9 Å². The molecule has 0 radical (unpaired) electrons. The standard InChI is InChI=1S/C13H10BrNO2/c14-10-7-11(13(16)17)12(15-8-10)6-9-4-2-1-3-5-9/h1-5,7-8H,6H2,(H,16,17). The van der Waals surface area contributed by atoms with E-state index in [-0.39, 0.29) is 5.56 Å². The maximum Gasteiger partial charge on any atom is 0.337 e. The number of nitrogens with zero attached hydrogens (tertiary/aromatic N) is 1. The van der Waals surface area contributed by atoms with Crippen LogP contribution in [0.4, 0.5) is 0 Å². The van der Waals surface area contributed by atoms with Crippen molar-refractivity contribution in [3.63, 3.8) is 0 Å². The lowest BCUT2D eigenvalue weighted by molar-refractivity contribution is 0.0695. The highest BCUT2D eigenvalue weighted by Crippen LogP contribution is 2.17. The molecule has 2 rings (SSSR count). The highest BCUT2D eigenvalue weighted by molar-refractivity contribution is 9.10. The van der Waals surface area contributed by atoms with E-state index < -0.39 is 5.97 Å². The van der Waals surface area contributed by atoms with Gasteiger partial charge < -0.3 is 5.11 Å². The minimum Gasteiger partial charge on any atom is -0.478 e. The zero-order valence-electron chi connectivity index (χ0n) is 8.93. The molecule has 0 saturated heterocycles. The summed E-state index contributed by atoms with van der Waals surface area (Å²) in [6.45, 7) is 0. The Morgan fingerprint density at radius 2 is 2.00 bits per heavy atom. The molecule has 0 spiro atoms. The smallest absolute Gasteiger partial charge is 0.337 e. The van der Waals surface area contributed by atoms with E-state index in [0.29, 0.717) is 16.6 Å². The molecule has 86 valence electrons. The lowest BCUT2D eigenvalue weighted by Gasteiger charge is -2.05. The predicted octanol–water partition coefficient (Wildman–Crippen LogP) is 3.13. The van der Waals surface area contributed by atoms with Crippen LogP contribution < -0.4 is 0 Å². The molecular formula is C13H10BrNO2.